The van der Waals surface area contributed by atoms with Crippen molar-refractivity contribution in [3.05, 3.63) is 35.9 Å². The number of hydrogen-bond donors (Lipinski definition) is 0. The molecule has 0 heterocycles. The first-order chi connectivity index (χ1) is 7.72. The summed E-state index contributed by atoms with van der Waals surface area (Å²) in [5.74, 6) is 1.59. The normalized spacial score (nSPS) is 8.81. The Kier molecular flexibility index (Phi) is 7.10. The van der Waals surface area contributed by atoms with Gasteiger partial charge in [0.1, 0.15) is 0 Å². The first kappa shape index (κ1) is 14.6. The zero-order chi connectivity index (χ0) is 12.6. The molecule has 1 aromatic carbocycles. The molecule has 90 valence electrons. The van der Waals surface area contributed by atoms with Crippen LogP contribution in [0.15, 0.2) is 24.8 Å². The highest BCUT2D eigenvalue weighted by atomic mass is 16.5. The molecule has 1 aromatic rings. The van der Waals surface area contributed by atoms with Crippen LogP contribution in [-0.4, -0.2) is 14.2 Å². The van der Waals surface area contributed by atoms with Crippen molar-refractivity contribution in [3.8, 4) is 11.5 Å². The van der Waals surface area contributed by atoms with Crippen molar-refractivity contribution in [3.63, 3.8) is 0 Å². The lowest BCUT2D eigenvalue weighted by molar-refractivity contribution is 0.352. The van der Waals surface area contributed by atoms with Crippen LogP contribution in [-0.2, 0) is 6.42 Å². The molecule has 0 saturated heterocycles. The van der Waals surface area contributed by atoms with Crippen LogP contribution in [0.3, 0.4) is 0 Å². The lowest BCUT2D eigenvalue weighted by Gasteiger charge is -2.11. The summed E-state index contributed by atoms with van der Waals surface area (Å²) >= 11 is 0. The predicted octanol–water partition coefficient (Wildman–Crippen LogP) is 3.77. The summed E-state index contributed by atoms with van der Waals surface area (Å²) in [6, 6.07) is 4.07. The molecule has 1 rings (SSSR count). The van der Waals surface area contributed by atoms with E-state index >= 15 is 0 Å². The topological polar surface area (TPSA) is 18.5 Å². The number of methoxy groups -OCH3 is 2. The van der Waals surface area contributed by atoms with E-state index < -0.39 is 0 Å². The molecule has 0 saturated carbocycles. The molecule has 0 amide bonds. The average molecular weight is 222 g/mol. The van der Waals surface area contributed by atoms with Crippen LogP contribution in [0.4, 0.5) is 0 Å². The van der Waals surface area contributed by atoms with Crippen molar-refractivity contribution >= 4 is 0 Å². The summed E-state index contributed by atoms with van der Waals surface area (Å²) in [5, 5.41) is 0. The van der Waals surface area contributed by atoms with Crippen LogP contribution >= 0.6 is 0 Å². The van der Waals surface area contributed by atoms with E-state index in [0.29, 0.717) is 0 Å². The number of aryl methyl sites for hydroxylation is 1. The van der Waals surface area contributed by atoms with E-state index in [0.717, 1.165) is 23.5 Å². The Morgan fingerprint density at radius 1 is 1.19 bits per heavy atom. The summed E-state index contributed by atoms with van der Waals surface area (Å²) in [5.41, 5.74) is 2.28. The molecule has 16 heavy (non-hydrogen) atoms. The maximum absolute atomic E-state index is 5.25. The second-order valence-electron chi connectivity index (χ2n) is 3.14. The standard InChI is InChI=1S/C12H16O2.C2H6/c1-5-6-10-7-9(2)12(14-4)11(8-10)13-3;1-2/h5,7-8H,1,6H2,2-4H3;1-2H3. The molecule has 0 radical (unpaired) electrons. The summed E-state index contributed by atoms with van der Waals surface area (Å²) < 4.78 is 10.5. The minimum absolute atomic E-state index is 0.782. The van der Waals surface area contributed by atoms with Crippen molar-refractivity contribution in [2.24, 2.45) is 0 Å². The Balaban J connectivity index is 0.00000106. The molecule has 0 bridgehead atoms. The van der Waals surface area contributed by atoms with Crippen molar-refractivity contribution < 1.29 is 9.47 Å². The molecular formula is C14H22O2. The van der Waals surface area contributed by atoms with E-state index in [2.05, 4.69) is 12.6 Å². The second-order valence-corrected chi connectivity index (χ2v) is 3.14. The zero-order valence-corrected chi connectivity index (χ0v) is 11.0. The maximum Gasteiger partial charge on any atom is 0.163 e. The van der Waals surface area contributed by atoms with Gasteiger partial charge in [-0.1, -0.05) is 26.0 Å². The van der Waals surface area contributed by atoms with Gasteiger partial charge in [0.25, 0.3) is 0 Å². The van der Waals surface area contributed by atoms with E-state index in [1.807, 2.05) is 32.9 Å². The minimum Gasteiger partial charge on any atom is -0.493 e. The fraction of sp³-hybridized carbons (Fsp3) is 0.429. The lowest BCUT2D eigenvalue weighted by atomic mass is 10.1. The van der Waals surface area contributed by atoms with Gasteiger partial charge < -0.3 is 9.47 Å². The predicted molar refractivity (Wildman–Crippen MR) is 69.5 cm³/mol. The molecule has 0 atom stereocenters. The van der Waals surface area contributed by atoms with Gasteiger partial charge in [0.15, 0.2) is 11.5 Å². The molecular weight excluding hydrogens is 200 g/mol. The van der Waals surface area contributed by atoms with Crippen molar-refractivity contribution in [1.29, 1.82) is 0 Å². The fourth-order valence-electron chi connectivity index (χ4n) is 1.51. The third-order valence-corrected chi connectivity index (χ3v) is 2.10. The number of allylic oxidation sites excluding steroid dienone is 1. The van der Waals surface area contributed by atoms with Crippen molar-refractivity contribution in [2.45, 2.75) is 27.2 Å². The van der Waals surface area contributed by atoms with Crippen LogP contribution in [0, 0.1) is 6.92 Å². The van der Waals surface area contributed by atoms with Gasteiger partial charge in [-0.3, -0.25) is 0 Å². The van der Waals surface area contributed by atoms with Gasteiger partial charge >= 0.3 is 0 Å². The van der Waals surface area contributed by atoms with Crippen molar-refractivity contribution in [2.75, 3.05) is 14.2 Å². The largest absolute Gasteiger partial charge is 0.493 e. The Labute approximate surface area is 98.9 Å². The van der Waals surface area contributed by atoms with E-state index in [-0.39, 0.29) is 0 Å². The quantitative estimate of drug-likeness (QED) is 0.722. The maximum atomic E-state index is 5.25. The Morgan fingerprint density at radius 3 is 2.25 bits per heavy atom. The molecule has 0 spiro atoms. The van der Waals surface area contributed by atoms with Crippen LogP contribution < -0.4 is 9.47 Å². The Bertz CT molecular complexity index is 330. The molecule has 2 heteroatoms. The number of benzene rings is 1. The minimum atomic E-state index is 0.782. The lowest BCUT2D eigenvalue weighted by Crippen LogP contribution is -1.95. The zero-order valence-electron chi connectivity index (χ0n) is 11.0. The monoisotopic (exact) mass is 222 g/mol. The number of hydrogen-bond acceptors (Lipinski definition) is 2. The van der Waals surface area contributed by atoms with Crippen LogP contribution in [0.1, 0.15) is 25.0 Å². The average Bonchev–Trinajstić information content (AvgIpc) is 2.31. The van der Waals surface area contributed by atoms with E-state index in [1.165, 1.54) is 5.56 Å². The van der Waals surface area contributed by atoms with Gasteiger partial charge in [-0.15, -0.1) is 6.58 Å². The Morgan fingerprint density at radius 2 is 1.81 bits per heavy atom. The van der Waals surface area contributed by atoms with Crippen LogP contribution in [0.5, 0.6) is 11.5 Å². The molecule has 0 aliphatic rings. The van der Waals surface area contributed by atoms with Gasteiger partial charge in [0.2, 0.25) is 0 Å². The highest BCUT2D eigenvalue weighted by molar-refractivity contribution is 5.49. The van der Waals surface area contributed by atoms with Crippen molar-refractivity contribution in [1.82, 2.24) is 0 Å². The summed E-state index contributed by atoms with van der Waals surface area (Å²) in [6.07, 6.45) is 2.72. The fourth-order valence-corrected chi connectivity index (χ4v) is 1.51. The van der Waals surface area contributed by atoms with E-state index in [9.17, 15) is 0 Å². The number of ether oxygens (including phenoxy) is 2. The van der Waals surface area contributed by atoms with Crippen LogP contribution in [0.2, 0.25) is 0 Å². The number of rotatable bonds is 4. The SMILES string of the molecule is C=CCc1cc(C)c(OC)c(OC)c1.CC. The third-order valence-electron chi connectivity index (χ3n) is 2.10. The summed E-state index contributed by atoms with van der Waals surface area (Å²) in [4.78, 5) is 0. The second kappa shape index (κ2) is 7.80. The molecule has 0 N–H and O–H groups in total. The van der Waals surface area contributed by atoms with Crippen LogP contribution in [0.25, 0.3) is 0 Å². The Hall–Kier alpha value is -1.44. The molecule has 0 aliphatic carbocycles. The highest BCUT2D eigenvalue weighted by Gasteiger charge is 2.07. The van der Waals surface area contributed by atoms with Gasteiger partial charge in [0.05, 0.1) is 14.2 Å². The molecule has 0 fully saturated rings. The van der Waals surface area contributed by atoms with Gasteiger partial charge in [0, 0.05) is 0 Å². The summed E-state index contributed by atoms with van der Waals surface area (Å²) in [7, 11) is 3.30. The van der Waals surface area contributed by atoms with Gasteiger partial charge in [-0.25, -0.2) is 0 Å². The first-order valence-corrected chi connectivity index (χ1v) is 5.55. The molecule has 2 nitrogen and oxygen atoms in total. The smallest absolute Gasteiger partial charge is 0.163 e. The van der Waals surface area contributed by atoms with E-state index in [4.69, 9.17) is 9.47 Å². The van der Waals surface area contributed by atoms with E-state index in [1.54, 1.807) is 14.2 Å². The van der Waals surface area contributed by atoms with Gasteiger partial charge in [-0.2, -0.15) is 0 Å². The molecule has 0 unspecified atom stereocenters. The first-order valence-electron chi connectivity index (χ1n) is 5.55. The third kappa shape index (κ3) is 3.61. The molecule has 0 aliphatic heterocycles. The molecule has 0 aromatic heterocycles. The highest BCUT2D eigenvalue weighted by Crippen LogP contribution is 2.32. The van der Waals surface area contributed by atoms with Gasteiger partial charge in [-0.05, 0) is 30.5 Å². The summed E-state index contributed by atoms with van der Waals surface area (Å²) in [6.45, 7) is 9.72.